The minimum absolute atomic E-state index is 0.173. The molecule has 1 amide bonds. The van der Waals surface area contributed by atoms with Crippen molar-refractivity contribution in [2.24, 2.45) is 0 Å². The van der Waals surface area contributed by atoms with Crippen LogP contribution in [0, 0.1) is 20.8 Å². The SMILES string of the molecule is Cc1ccc2c(c1)C(NC(=O)c1c(C)cc(C)[nH]c1=O)CC1(CCOCC1)O2. The number of hydrogen-bond donors (Lipinski definition) is 2. The van der Waals surface area contributed by atoms with Gasteiger partial charge in [-0.05, 0) is 38.5 Å². The average molecular weight is 382 g/mol. The molecule has 6 nitrogen and oxygen atoms in total. The Balaban J connectivity index is 1.69. The van der Waals surface area contributed by atoms with E-state index in [9.17, 15) is 9.59 Å². The fraction of sp³-hybridized carbons (Fsp3) is 0.455. The number of rotatable bonds is 2. The van der Waals surface area contributed by atoms with E-state index in [1.807, 2.05) is 32.0 Å². The first-order chi connectivity index (χ1) is 13.4. The lowest BCUT2D eigenvalue weighted by molar-refractivity contribution is -0.0639. The molecule has 28 heavy (non-hydrogen) atoms. The number of carbonyl (C=O) groups is 1. The molecule has 1 saturated heterocycles. The van der Waals surface area contributed by atoms with E-state index in [0.29, 0.717) is 25.2 Å². The zero-order valence-corrected chi connectivity index (χ0v) is 16.6. The van der Waals surface area contributed by atoms with E-state index >= 15 is 0 Å². The van der Waals surface area contributed by atoms with Gasteiger partial charge in [0.1, 0.15) is 16.9 Å². The van der Waals surface area contributed by atoms with Crippen LogP contribution >= 0.6 is 0 Å². The van der Waals surface area contributed by atoms with Crippen LogP contribution in [0.5, 0.6) is 5.75 Å². The third-order valence-corrected chi connectivity index (χ3v) is 5.74. The number of aromatic amines is 1. The molecule has 6 heteroatoms. The third kappa shape index (κ3) is 3.44. The van der Waals surface area contributed by atoms with E-state index in [-0.39, 0.29) is 28.7 Å². The second kappa shape index (κ2) is 7.09. The number of ether oxygens (including phenoxy) is 2. The van der Waals surface area contributed by atoms with Gasteiger partial charge in [0, 0.05) is 30.5 Å². The number of carbonyl (C=O) groups excluding carboxylic acids is 1. The highest BCUT2D eigenvalue weighted by Crippen LogP contribution is 2.44. The van der Waals surface area contributed by atoms with Crippen LogP contribution in [0.1, 0.15) is 58.0 Å². The van der Waals surface area contributed by atoms with Crippen LogP contribution in [0.25, 0.3) is 0 Å². The summed E-state index contributed by atoms with van der Waals surface area (Å²) in [6.07, 6.45) is 2.25. The number of nitrogens with one attached hydrogen (secondary N) is 2. The largest absolute Gasteiger partial charge is 0.487 e. The Morgan fingerprint density at radius 1 is 1.18 bits per heavy atom. The molecule has 0 radical (unpaired) electrons. The summed E-state index contributed by atoms with van der Waals surface area (Å²) in [6.45, 7) is 6.92. The molecule has 0 aliphatic carbocycles. The first-order valence-corrected chi connectivity index (χ1v) is 9.76. The molecule has 1 aromatic carbocycles. The molecule has 2 N–H and O–H groups in total. The maximum Gasteiger partial charge on any atom is 0.261 e. The zero-order valence-electron chi connectivity index (χ0n) is 16.6. The molecular formula is C22H26N2O4. The molecule has 0 saturated carbocycles. The second-order valence-corrected chi connectivity index (χ2v) is 8.01. The molecule has 1 unspecified atom stereocenters. The molecule has 1 spiro atoms. The Bertz CT molecular complexity index is 973. The number of hydrogen-bond acceptors (Lipinski definition) is 4. The summed E-state index contributed by atoms with van der Waals surface area (Å²) in [5.41, 5.74) is 2.97. The van der Waals surface area contributed by atoms with Crippen LogP contribution in [-0.2, 0) is 4.74 Å². The van der Waals surface area contributed by atoms with Crippen molar-refractivity contribution in [1.29, 1.82) is 0 Å². The number of fused-ring (bicyclic) bond motifs is 1. The summed E-state index contributed by atoms with van der Waals surface area (Å²) in [5.74, 6) is 0.457. The number of aromatic nitrogens is 1. The van der Waals surface area contributed by atoms with Gasteiger partial charge in [-0.15, -0.1) is 0 Å². The van der Waals surface area contributed by atoms with Crippen molar-refractivity contribution < 1.29 is 14.3 Å². The van der Waals surface area contributed by atoms with Gasteiger partial charge in [0.2, 0.25) is 0 Å². The number of amides is 1. The molecule has 3 heterocycles. The topological polar surface area (TPSA) is 80.4 Å². The van der Waals surface area contributed by atoms with Crippen LogP contribution in [0.4, 0.5) is 0 Å². The molecule has 1 atom stereocenters. The van der Waals surface area contributed by atoms with Gasteiger partial charge in [0.05, 0.1) is 19.3 Å². The summed E-state index contributed by atoms with van der Waals surface area (Å²) in [7, 11) is 0. The number of H-pyrrole nitrogens is 1. The minimum atomic E-state index is -0.354. The Kier molecular flexibility index (Phi) is 4.75. The van der Waals surface area contributed by atoms with Crippen molar-refractivity contribution in [3.63, 3.8) is 0 Å². The van der Waals surface area contributed by atoms with E-state index in [0.717, 1.165) is 35.4 Å². The summed E-state index contributed by atoms with van der Waals surface area (Å²) in [5, 5.41) is 3.11. The minimum Gasteiger partial charge on any atom is -0.487 e. The molecular weight excluding hydrogens is 356 g/mol. The van der Waals surface area contributed by atoms with Crippen molar-refractivity contribution >= 4 is 5.91 Å². The number of benzene rings is 1. The first kappa shape index (κ1) is 18.7. The third-order valence-electron chi connectivity index (χ3n) is 5.74. The Morgan fingerprint density at radius 3 is 2.64 bits per heavy atom. The lowest BCUT2D eigenvalue weighted by Gasteiger charge is -2.44. The average Bonchev–Trinajstić information content (AvgIpc) is 2.62. The highest BCUT2D eigenvalue weighted by molar-refractivity contribution is 5.95. The molecule has 1 fully saturated rings. The van der Waals surface area contributed by atoms with E-state index in [1.54, 1.807) is 6.92 Å². The molecule has 148 valence electrons. The predicted molar refractivity (Wildman–Crippen MR) is 106 cm³/mol. The summed E-state index contributed by atoms with van der Waals surface area (Å²) in [4.78, 5) is 28.1. The smallest absolute Gasteiger partial charge is 0.261 e. The second-order valence-electron chi connectivity index (χ2n) is 8.01. The monoisotopic (exact) mass is 382 g/mol. The highest BCUT2D eigenvalue weighted by Gasteiger charge is 2.43. The Hall–Kier alpha value is -2.60. The number of aryl methyl sites for hydroxylation is 3. The predicted octanol–water partition coefficient (Wildman–Crippen LogP) is 3.10. The van der Waals surface area contributed by atoms with Gasteiger partial charge >= 0.3 is 0 Å². The van der Waals surface area contributed by atoms with E-state index in [1.165, 1.54) is 0 Å². The fourth-order valence-corrected chi connectivity index (χ4v) is 4.33. The van der Waals surface area contributed by atoms with Gasteiger partial charge in [-0.2, -0.15) is 0 Å². The maximum atomic E-state index is 13.0. The van der Waals surface area contributed by atoms with Crippen LogP contribution in [-0.4, -0.2) is 29.7 Å². The Morgan fingerprint density at radius 2 is 1.93 bits per heavy atom. The van der Waals surface area contributed by atoms with Gasteiger partial charge < -0.3 is 19.8 Å². The zero-order chi connectivity index (χ0) is 19.9. The first-order valence-electron chi connectivity index (χ1n) is 9.76. The van der Waals surface area contributed by atoms with Crippen molar-refractivity contribution in [3.05, 3.63) is 62.6 Å². The standard InChI is InChI=1S/C22H26N2O4/c1-13-4-5-18-16(10-13)17(12-22(28-18)6-8-27-9-7-22)24-21(26)19-14(2)11-15(3)23-20(19)25/h4-5,10-11,17H,6-9,12H2,1-3H3,(H,23,25)(H,24,26). The lowest BCUT2D eigenvalue weighted by Crippen LogP contribution is -2.49. The molecule has 2 aliphatic rings. The summed E-state index contributed by atoms with van der Waals surface area (Å²) in [6, 6.07) is 7.65. The summed E-state index contributed by atoms with van der Waals surface area (Å²) >= 11 is 0. The van der Waals surface area contributed by atoms with E-state index in [2.05, 4.69) is 16.4 Å². The van der Waals surface area contributed by atoms with Crippen molar-refractivity contribution in [1.82, 2.24) is 10.3 Å². The molecule has 0 bridgehead atoms. The fourth-order valence-electron chi connectivity index (χ4n) is 4.33. The number of pyridine rings is 1. The van der Waals surface area contributed by atoms with Gasteiger partial charge in [0.25, 0.3) is 11.5 Å². The molecule has 2 aromatic rings. The Labute approximate surface area is 164 Å². The quantitative estimate of drug-likeness (QED) is 0.836. The molecule has 4 rings (SSSR count). The van der Waals surface area contributed by atoms with Crippen molar-refractivity contribution in [3.8, 4) is 5.75 Å². The van der Waals surface area contributed by atoms with Crippen molar-refractivity contribution in [2.45, 2.75) is 51.7 Å². The van der Waals surface area contributed by atoms with Gasteiger partial charge in [0.15, 0.2) is 0 Å². The molecule has 1 aromatic heterocycles. The highest BCUT2D eigenvalue weighted by atomic mass is 16.5. The van der Waals surface area contributed by atoms with Gasteiger partial charge in [-0.25, -0.2) is 0 Å². The summed E-state index contributed by atoms with van der Waals surface area (Å²) < 4.78 is 11.9. The van der Waals surface area contributed by atoms with Crippen molar-refractivity contribution in [2.75, 3.05) is 13.2 Å². The van der Waals surface area contributed by atoms with Gasteiger partial charge in [-0.1, -0.05) is 17.7 Å². The van der Waals surface area contributed by atoms with Crippen LogP contribution in [0.2, 0.25) is 0 Å². The van der Waals surface area contributed by atoms with Crippen LogP contribution in [0.3, 0.4) is 0 Å². The van der Waals surface area contributed by atoms with E-state index in [4.69, 9.17) is 9.47 Å². The van der Waals surface area contributed by atoms with E-state index < -0.39 is 0 Å². The van der Waals surface area contributed by atoms with Crippen LogP contribution in [0.15, 0.2) is 29.1 Å². The normalized spacial score (nSPS) is 20.3. The van der Waals surface area contributed by atoms with Gasteiger partial charge in [-0.3, -0.25) is 9.59 Å². The lowest BCUT2D eigenvalue weighted by atomic mass is 9.81. The molecule has 2 aliphatic heterocycles. The maximum absolute atomic E-state index is 13.0. The van der Waals surface area contributed by atoms with Crippen LogP contribution < -0.4 is 15.6 Å².